The molecule has 4 atom stereocenters. The summed E-state index contributed by atoms with van der Waals surface area (Å²) in [5.41, 5.74) is 1.70. The summed E-state index contributed by atoms with van der Waals surface area (Å²) in [4.78, 5) is 65.8. The number of ether oxygens (including phenoxy) is 2. The number of likely N-dealkylation sites (tertiary alicyclic amines) is 1. The summed E-state index contributed by atoms with van der Waals surface area (Å²) in [5.74, 6) is -5.21. The minimum absolute atomic E-state index is 0.0500. The summed E-state index contributed by atoms with van der Waals surface area (Å²) in [6, 6.07) is 1.57. The van der Waals surface area contributed by atoms with Gasteiger partial charge in [0.25, 0.3) is 0 Å². The fourth-order valence-electron chi connectivity index (χ4n) is 5.81. The first kappa shape index (κ1) is 26.1. The molecule has 3 amide bonds. The highest BCUT2D eigenvalue weighted by atomic mass is 79.9. The molecule has 3 aliphatic carbocycles. The summed E-state index contributed by atoms with van der Waals surface area (Å²) < 4.78 is 10.8. The number of allylic oxidation sites excluding steroid dienone is 6. The minimum Gasteiger partial charge on any atom is -0.503 e. The van der Waals surface area contributed by atoms with Gasteiger partial charge in [0.2, 0.25) is 11.8 Å². The molecule has 1 aromatic rings. The standard InChI is InChI=1S/C25H18Br3NO8/c1-36-15-6-11(19(27)20(28)22(15)32)16-8-3-4-9-17(24(34)29(23(9)33)25(35)37-2)10(8)5-12-18(16)14(30)7-13(26)21(12)31/h3,6-7,9-10,16-17,32H,4-5H2,1-2H3/t9-,10+,16+,17-/m0/s1. The largest absolute Gasteiger partial charge is 0.503 e. The molecule has 1 aromatic carbocycles. The van der Waals surface area contributed by atoms with Crippen molar-refractivity contribution in [2.45, 2.75) is 18.8 Å². The number of rotatable bonds is 2. The lowest BCUT2D eigenvalue weighted by Gasteiger charge is -2.42. The lowest BCUT2D eigenvalue weighted by molar-refractivity contribution is -0.137. The summed E-state index contributed by atoms with van der Waals surface area (Å²) >= 11 is 10.0. The van der Waals surface area contributed by atoms with Crippen molar-refractivity contribution in [1.29, 1.82) is 0 Å². The number of Topliss-reactive ketones (excluding diaryl/α,β-unsaturated/α-hetero) is 1. The number of phenols is 1. The molecule has 9 nitrogen and oxygen atoms in total. The highest BCUT2D eigenvalue weighted by Gasteiger charge is 2.58. The van der Waals surface area contributed by atoms with Gasteiger partial charge in [-0.2, -0.15) is 4.90 Å². The van der Waals surface area contributed by atoms with Crippen LogP contribution < -0.4 is 4.74 Å². The van der Waals surface area contributed by atoms with Crippen molar-refractivity contribution in [2.24, 2.45) is 17.8 Å². The van der Waals surface area contributed by atoms with E-state index >= 15 is 0 Å². The van der Waals surface area contributed by atoms with Gasteiger partial charge in [0.05, 0.1) is 35.0 Å². The van der Waals surface area contributed by atoms with E-state index in [-0.39, 0.29) is 56.0 Å². The number of fused-ring (bicyclic) bond motifs is 3. The van der Waals surface area contributed by atoms with Gasteiger partial charge in [0.1, 0.15) is 0 Å². The second-order valence-corrected chi connectivity index (χ2v) is 11.5. The van der Waals surface area contributed by atoms with E-state index < -0.39 is 41.6 Å². The molecule has 1 aliphatic heterocycles. The number of halogens is 3. The van der Waals surface area contributed by atoms with Crippen LogP contribution in [-0.4, -0.2) is 53.7 Å². The molecule has 0 radical (unpaired) electrons. The molecule has 0 spiro atoms. The molecule has 1 fully saturated rings. The molecule has 1 heterocycles. The van der Waals surface area contributed by atoms with Crippen LogP contribution >= 0.6 is 47.8 Å². The Morgan fingerprint density at radius 2 is 1.76 bits per heavy atom. The normalized spacial score (nSPS) is 26.9. The van der Waals surface area contributed by atoms with E-state index in [4.69, 9.17) is 4.74 Å². The molecule has 12 heteroatoms. The number of aromatic hydroxyl groups is 1. The molecule has 192 valence electrons. The topological polar surface area (TPSA) is 127 Å². The Morgan fingerprint density at radius 1 is 1.05 bits per heavy atom. The van der Waals surface area contributed by atoms with Gasteiger partial charge in [-0.3, -0.25) is 19.2 Å². The number of hydrogen-bond acceptors (Lipinski definition) is 8. The molecule has 0 bridgehead atoms. The van der Waals surface area contributed by atoms with Gasteiger partial charge in [-0.1, -0.05) is 11.6 Å². The Hall–Kier alpha value is -2.57. The van der Waals surface area contributed by atoms with Crippen LogP contribution in [0.5, 0.6) is 11.5 Å². The number of ketones is 2. The zero-order valence-corrected chi connectivity index (χ0v) is 24.1. The molecule has 4 aliphatic rings. The Morgan fingerprint density at radius 3 is 2.41 bits per heavy atom. The maximum atomic E-state index is 13.4. The van der Waals surface area contributed by atoms with E-state index in [1.54, 1.807) is 6.07 Å². The van der Waals surface area contributed by atoms with Gasteiger partial charge in [-0.15, -0.1) is 0 Å². The number of carbonyl (C=O) groups excluding carboxylic acids is 5. The first-order valence-corrected chi connectivity index (χ1v) is 13.5. The summed E-state index contributed by atoms with van der Waals surface area (Å²) in [5, 5.41) is 10.5. The van der Waals surface area contributed by atoms with Crippen molar-refractivity contribution < 1.29 is 38.6 Å². The predicted octanol–water partition coefficient (Wildman–Crippen LogP) is 4.45. The van der Waals surface area contributed by atoms with Crippen molar-refractivity contribution in [2.75, 3.05) is 14.2 Å². The molecule has 37 heavy (non-hydrogen) atoms. The van der Waals surface area contributed by atoms with Gasteiger partial charge >= 0.3 is 6.09 Å². The number of methoxy groups -OCH3 is 2. The first-order valence-electron chi connectivity index (χ1n) is 11.1. The Balaban J connectivity index is 1.74. The van der Waals surface area contributed by atoms with E-state index in [9.17, 15) is 29.1 Å². The van der Waals surface area contributed by atoms with Crippen molar-refractivity contribution in [1.82, 2.24) is 4.90 Å². The predicted molar refractivity (Wildman–Crippen MR) is 139 cm³/mol. The zero-order valence-electron chi connectivity index (χ0n) is 19.3. The maximum Gasteiger partial charge on any atom is 0.423 e. The molecule has 1 saturated heterocycles. The van der Waals surface area contributed by atoms with Crippen LogP contribution in [0.15, 0.2) is 48.4 Å². The lowest BCUT2D eigenvalue weighted by Crippen LogP contribution is -2.40. The van der Waals surface area contributed by atoms with Crippen LogP contribution in [0.4, 0.5) is 4.79 Å². The van der Waals surface area contributed by atoms with Crippen molar-refractivity contribution in [3.8, 4) is 11.5 Å². The van der Waals surface area contributed by atoms with E-state index in [0.29, 0.717) is 20.5 Å². The number of benzene rings is 1. The van der Waals surface area contributed by atoms with Gasteiger partial charge in [-0.05, 0) is 78.2 Å². The molecule has 0 saturated carbocycles. The van der Waals surface area contributed by atoms with E-state index in [1.807, 2.05) is 6.08 Å². The van der Waals surface area contributed by atoms with Crippen LogP contribution in [-0.2, 0) is 23.9 Å². The second kappa shape index (κ2) is 9.32. The third kappa shape index (κ3) is 3.70. The Bertz CT molecular complexity index is 1430. The minimum atomic E-state index is -1.05. The number of amides is 3. The summed E-state index contributed by atoms with van der Waals surface area (Å²) in [7, 11) is 2.48. The number of hydrogen-bond donors (Lipinski definition) is 1. The van der Waals surface area contributed by atoms with Gasteiger partial charge in [0, 0.05) is 27.6 Å². The zero-order chi connectivity index (χ0) is 26.9. The third-order valence-corrected chi connectivity index (χ3v) is 10.1. The molecule has 0 unspecified atom stereocenters. The molecule has 5 rings (SSSR count). The lowest BCUT2D eigenvalue weighted by atomic mass is 9.59. The molecular weight excluding hydrogens is 682 g/mol. The number of imide groups is 3. The smallest absolute Gasteiger partial charge is 0.423 e. The number of carbonyl (C=O) groups is 5. The van der Waals surface area contributed by atoms with Crippen molar-refractivity contribution in [3.05, 3.63) is 53.9 Å². The van der Waals surface area contributed by atoms with Crippen LogP contribution in [0.1, 0.15) is 24.3 Å². The van der Waals surface area contributed by atoms with Crippen LogP contribution in [0, 0.1) is 17.8 Å². The van der Waals surface area contributed by atoms with Gasteiger partial charge in [-0.25, -0.2) is 4.79 Å². The van der Waals surface area contributed by atoms with Crippen LogP contribution in [0.3, 0.4) is 0 Å². The van der Waals surface area contributed by atoms with Crippen molar-refractivity contribution in [3.63, 3.8) is 0 Å². The summed E-state index contributed by atoms with van der Waals surface area (Å²) in [6.45, 7) is 0. The van der Waals surface area contributed by atoms with E-state index in [0.717, 1.165) is 7.11 Å². The highest BCUT2D eigenvalue weighted by molar-refractivity contribution is 9.13. The van der Waals surface area contributed by atoms with Gasteiger partial charge in [0.15, 0.2) is 23.1 Å². The SMILES string of the molecule is COC(=O)N1C(=O)[C@H]2[C@H](CC=C3[C@H](c4cc(OC)c(O)c(Br)c4Br)C4=C(C[C@H]32)C(=O)C(Br)=CC4=O)C1=O. The Kier molecular flexibility index (Phi) is 6.56. The number of nitrogens with zero attached hydrogens (tertiary/aromatic N) is 1. The van der Waals surface area contributed by atoms with Crippen LogP contribution in [0.25, 0.3) is 0 Å². The molecular formula is C25H18Br3NO8. The monoisotopic (exact) mass is 697 g/mol. The van der Waals surface area contributed by atoms with E-state index in [2.05, 4.69) is 52.5 Å². The fourth-order valence-corrected chi connectivity index (χ4v) is 7.21. The highest BCUT2D eigenvalue weighted by Crippen LogP contribution is 2.57. The van der Waals surface area contributed by atoms with Crippen LogP contribution in [0.2, 0.25) is 0 Å². The quantitative estimate of drug-likeness (QED) is 0.273. The number of phenolic OH excluding ortho intramolecular Hbond substituents is 1. The third-order valence-electron chi connectivity index (χ3n) is 7.39. The first-order chi connectivity index (χ1) is 17.5. The maximum absolute atomic E-state index is 13.4. The second-order valence-electron chi connectivity index (χ2n) is 9.02. The summed E-state index contributed by atoms with van der Waals surface area (Å²) in [6.07, 6.45) is 2.21. The molecule has 0 aromatic heterocycles. The average Bonchev–Trinajstić information content (AvgIpc) is 3.14. The fraction of sp³-hybridized carbons (Fsp3) is 0.320. The molecule has 1 N–H and O–H groups in total. The Labute approximate surface area is 235 Å². The average molecular weight is 700 g/mol. The van der Waals surface area contributed by atoms with E-state index in [1.165, 1.54) is 13.2 Å². The van der Waals surface area contributed by atoms with Gasteiger partial charge < -0.3 is 14.6 Å². The van der Waals surface area contributed by atoms with Crippen molar-refractivity contribution >= 4 is 77.3 Å².